The van der Waals surface area contributed by atoms with Gasteiger partial charge in [-0.2, -0.15) is 0 Å². The number of hydrogen-bond donors (Lipinski definition) is 1. The molecule has 0 bridgehead atoms. The summed E-state index contributed by atoms with van der Waals surface area (Å²) in [6.45, 7) is 1.79. The van der Waals surface area contributed by atoms with Crippen LogP contribution in [-0.4, -0.2) is 31.3 Å². The molecule has 0 aliphatic rings. The third-order valence-electron chi connectivity index (χ3n) is 4.04. The number of hydrogen-bond acceptors (Lipinski definition) is 6. The van der Waals surface area contributed by atoms with Crippen molar-refractivity contribution >= 4 is 39.0 Å². The van der Waals surface area contributed by atoms with Crippen LogP contribution in [0.5, 0.6) is 0 Å². The van der Waals surface area contributed by atoms with Crippen molar-refractivity contribution in [2.24, 2.45) is 0 Å². The molecule has 3 heterocycles. The van der Waals surface area contributed by atoms with E-state index in [1.807, 2.05) is 28.8 Å². The highest BCUT2D eigenvalue weighted by Gasteiger charge is 2.10. The molecule has 4 rings (SSSR count). The molecule has 0 saturated carbocycles. The quantitative estimate of drug-likeness (QED) is 0.475. The van der Waals surface area contributed by atoms with Crippen LogP contribution >= 0.6 is 22.9 Å². The fraction of sp³-hybridized carbons (Fsp3) is 0.222. The predicted molar refractivity (Wildman–Crippen MR) is 106 cm³/mol. The van der Waals surface area contributed by atoms with Crippen LogP contribution in [0.1, 0.15) is 12.8 Å². The maximum absolute atomic E-state index is 5.98. The molecule has 0 radical (unpaired) electrons. The van der Waals surface area contributed by atoms with Gasteiger partial charge >= 0.3 is 0 Å². The molecule has 1 aromatic carbocycles. The van der Waals surface area contributed by atoms with E-state index in [2.05, 4.69) is 31.5 Å². The maximum Gasteiger partial charge on any atom is 0.147 e. The van der Waals surface area contributed by atoms with Gasteiger partial charge in [0, 0.05) is 23.0 Å². The summed E-state index contributed by atoms with van der Waals surface area (Å²) in [6, 6.07) is 9.96. The minimum atomic E-state index is 0.739. The van der Waals surface area contributed by atoms with Crippen LogP contribution in [0, 0.1) is 0 Å². The average molecular weight is 385 g/mol. The Balaban J connectivity index is 1.43. The third kappa shape index (κ3) is 3.84. The lowest BCUT2D eigenvalue weighted by atomic mass is 10.2. The van der Waals surface area contributed by atoms with E-state index in [-0.39, 0.29) is 0 Å². The Labute approximate surface area is 159 Å². The highest BCUT2D eigenvalue weighted by atomic mass is 35.5. The highest BCUT2D eigenvalue weighted by molar-refractivity contribution is 7.22. The molecule has 0 saturated heterocycles. The second-order valence-electron chi connectivity index (χ2n) is 5.89. The summed E-state index contributed by atoms with van der Waals surface area (Å²) in [6.07, 6.45) is 7.19. The van der Waals surface area contributed by atoms with Gasteiger partial charge in [0.25, 0.3) is 0 Å². The summed E-state index contributed by atoms with van der Waals surface area (Å²) in [7, 11) is 0. The summed E-state index contributed by atoms with van der Waals surface area (Å²) in [5.74, 6) is 0.893. The second kappa shape index (κ2) is 7.80. The molecule has 0 atom stereocenters. The van der Waals surface area contributed by atoms with Crippen molar-refractivity contribution in [2.45, 2.75) is 19.4 Å². The number of aromatic nitrogens is 5. The van der Waals surface area contributed by atoms with E-state index in [9.17, 15) is 0 Å². The van der Waals surface area contributed by atoms with E-state index in [0.29, 0.717) is 0 Å². The van der Waals surface area contributed by atoms with Gasteiger partial charge in [0.1, 0.15) is 24.8 Å². The van der Waals surface area contributed by atoms with Gasteiger partial charge in [0.15, 0.2) is 0 Å². The Morgan fingerprint density at radius 2 is 1.85 bits per heavy atom. The molecule has 26 heavy (non-hydrogen) atoms. The largest absolute Gasteiger partial charge is 0.369 e. The first kappa shape index (κ1) is 16.9. The predicted octanol–water partition coefficient (Wildman–Crippen LogP) is 4.50. The number of fused-ring (bicyclic) bond motifs is 1. The Morgan fingerprint density at radius 3 is 2.65 bits per heavy atom. The number of rotatable bonds is 7. The minimum absolute atomic E-state index is 0.739. The third-order valence-corrected chi connectivity index (χ3v) is 5.47. The topological polar surface area (TPSA) is 68.5 Å². The van der Waals surface area contributed by atoms with Crippen LogP contribution in [0.2, 0.25) is 5.02 Å². The number of benzene rings is 1. The second-order valence-corrected chi connectivity index (χ2v) is 7.38. The van der Waals surface area contributed by atoms with Gasteiger partial charge in [-0.3, -0.25) is 0 Å². The van der Waals surface area contributed by atoms with Crippen molar-refractivity contribution < 1.29 is 0 Å². The number of nitrogens with one attached hydrogen (secondary N) is 1. The van der Waals surface area contributed by atoms with Gasteiger partial charge in [-0.15, -0.1) is 21.5 Å². The molecule has 132 valence electrons. The highest BCUT2D eigenvalue weighted by Crippen LogP contribution is 2.35. The van der Waals surface area contributed by atoms with E-state index in [1.165, 1.54) is 0 Å². The molecule has 0 fully saturated rings. The van der Waals surface area contributed by atoms with Gasteiger partial charge in [0.2, 0.25) is 0 Å². The normalized spacial score (nSPS) is 11.1. The van der Waals surface area contributed by atoms with Gasteiger partial charge in [0.05, 0.1) is 10.2 Å². The Bertz CT molecular complexity index is 981. The fourth-order valence-corrected chi connectivity index (χ4v) is 3.91. The van der Waals surface area contributed by atoms with Crippen molar-refractivity contribution in [2.75, 3.05) is 11.9 Å². The molecule has 0 amide bonds. The van der Waals surface area contributed by atoms with Crippen molar-refractivity contribution in [3.8, 4) is 10.4 Å². The van der Waals surface area contributed by atoms with Gasteiger partial charge in [-0.25, -0.2) is 9.97 Å². The van der Waals surface area contributed by atoms with Crippen LogP contribution in [-0.2, 0) is 6.54 Å². The summed E-state index contributed by atoms with van der Waals surface area (Å²) >= 11 is 7.67. The van der Waals surface area contributed by atoms with E-state index < -0.39 is 0 Å². The van der Waals surface area contributed by atoms with Crippen LogP contribution in [0.3, 0.4) is 0 Å². The maximum atomic E-state index is 5.98. The van der Waals surface area contributed by atoms with Crippen molar-refractivity contribution in [3.63, 3.8) is 0 Å². The molecule has 0 unspecified atom stereocenters. The van der Waals surface area contributed by atoms with Crippen molar-refractivity contribution in [1.29, 1.82) is 0 Å². The SMILES string of the molecule is Clc1ccc(-c2cc3ncnc(NCCCCn4cnnc4)c3s2)cc1. The lowest BCUT2D eigenvalue weighted by molar-refractivity contribution is 0.619. The summed E-state index contributed by atoms with van der Waals surface area (Å²) in [5, 5.41) is 11.8. The number of halogens is 1. The minimum Gasteiger partial charge on any atom is -0.369 e. The first-order valence-electron chi connectivity index (χ1n) is 8.36. The fourth-order valence-electron chi connectivity index (χ4n) is 2.70. The molecular weight excluding hydrogens is 368 g/mol. The molecule has 6 nitrogen and oxygen atoms in total. The first-order chi connectivity index (χ1) is 12.8. The summed E-state index contributed by atoms with van der Waals surface area (Å²) in [5.41, 5.74) is 2.10. The molecule has 0 aliphatic heterocycles. The van der Waals surface area contributed by atoms with Crippen LogP contribution in [0.25, 0.3) is 20.7 Å². The molecule has 8 heteroatoms. The molecule has 0 spiro atoms. The zero-order valence-electron chi connectivity index (χ0n) is 14.0. The van der Waals surface area contributed by atoms with Crippen LogP contribution in [0.4, 0.5) is 5.82 Å². The number of anilines is 1. The Hall–Kier alpha value is -2.51. The molecule has 4 aromatic rings. The Kier molecular flexibility index (Phi) is 5.08. The lowest BCUT2D eigenvalue weighted by Crippen LogP contribution is -2.05. The van der Waals surface area contributed by atoms with E-state index in [1.54, 1.807) is 30.3 Å². The Morgan fingerprint density at radius 1 is 1.04 bits per heavy atom. The molecule has 3 aromatic heterocycles. The standard InChI is InChI=1S/C18H17ClN6S/c19-14-5-3-13(4-6-14)16-9-15-17(26-16)18(22-10-21-15)20-7-1-2-8-25-11-23-24-12-25/h3-6,9-12H,1-2,7-8H2,(H,20,21,22). The zero-order chi connectivity index (χ0) is 17.8. The van der Waals surface area contributed by atoms with E-state index in [4.69, 9.17) is 11.6 Å². The monoisotopic (exact) mass is 384 g/mol. The zero-order valence-corrected chi connectivity index (χ0v) is 15.5. The molecule has 0 aliphatic carbocycles. The number of nitrogens with zero attached hydrogens (tertiary/aromatic N) is 5. The number of aryl methyl sites for hydroxylation is 1. The van der Waals surface area contributed by atoms with Gasteiger partial charge in [-0.1, -0.05) is 23.7 Å². The number of unbranched alkanes of at least 4 members (excludes halogenated alkanes) is 1. The summed E-state index contributed by atoms with van der Waals surface area (Å²) < 4.78 is 3.07. The lowest BCUT2D eigenvalue weighted by Gasteiger charge is -2.06. The number of thiophene rings is 1. The van der Waals surface area contributed by atoms with Crippen LogP contribution in [0.15, 0.2) is 49.3 Å². The molecular formula is C18H17ClN6S. The smallest absolute Gasteiger partial charge is 0.147 e. The molecule has 1 N–H and O–H groups in total. The van der Waals surface area contributed by atoms with Crippen LogP contribution < -0.4 is 5.32 Å². The summed E-state index contributed by atoms with van der Waals surface area (Å²) in [4.78, 5) is 9.98. The average Bonchev–Trinajstić information content (AvgIpc) is 3.32. The van der Waals surface area contributed by atoms with Crippen molar-refractivity contribution in [3.05, 3.63) is 54.3 Å². The van der Waals surface area contributed by atoms with Gasteiger partial charge < -0.3 is 9.88 Å². The van der Waals surface area contributed by atoms with E-state index in [0.717, 1.165) is 57.4 Å². The van der Waals surface area contributed by atoms with E-state index >= 15 is 0 Å². The van der Waals surface area contributed by atoms with Gasteiger partial charge in [-0.05, 0) is 36.6 Å². The van der Waals surface area contributed by atoms with Crippen molar-refractivity contribution in [1.82, 2.24) is 24.7 Å². The first-order valence-corrected chi connectivity index (χ1v) is 9.56.